The monoisotopic (exact) mass is 367 g/mol. The first kappa shape index (κ1) is 17.6. The molecule has 138 valence electrons. The molecule has 3 aromatic rings. The number of pyridine rings is 1. The second-order valence-electron chi connectivity index (χ2n) is 7.23. The number of fused-ring (bicyclic) bond motifs is 1. The molecule has 3 nitrogen and oxygen atoms in total. The molecule has 0 amide bonds. The molecule has 0 saturated heterocycles. The molecule has 0 radical (unpaired) electrons. The van der Waals surface area contributed by atoms with E-state index in [1.165, 1.54) is 22.8 Å². The van der Waals surface area contributed by atoms with Gasteiger partial charge in [-0.25, -0.2) is 8.78 Å². The minimum Gasteiger partial charge on any atom is -0.304 e. The maximum atomic E-state index is 13.9. The Hall–Kier alpha value is -2.82. The third kappa shape index (κ3) is 3.18. The minimum atomic E-state index is -3.00. The van der Waals surface area contributed by atoms with Crippen LogP contribution in [0.5, 0.6) is 0 Å². The van der Waals surface area contributed by atoms with E-state index in [9.17, 15) is 18.4 Å². The third-order valence-corrected chi connectivity index (χ3v) is 5.20. The molecule has 4 rings (SSSR count). The smallest absolute Gasteiger partial charge is 0.270 e. The lowest BCUT2D eigenvalue weighted by Crippen LogP contribution is -2.27. The molecule has 1 unspecified atom stereocenters. The summed E-state index contributed by atoms with van der Waals surface area (Å²) < 4.78 is 29.2. The van der Waals surface area contributed by atoms with Gasteiger partial charge in [-0.05, 0) is 41.8 Å². The number of benzene rings is 2. The van der Waals surface area contributed by atoms with Crippen LogP contribution >= 0.6 is 0 Å². The van der Waals surface area contributed by atoms with E-state index < -0.39 is 12.0 Å². The molecule has 1 aliphatic carbocycles. The quantitative estimate of drug-likeness (QED) is 0.600. The molecule has 0 N–H and O–H groups in total. The van der Waals surface area contributed by atoms with E-state index in [4.69, 9.17) is 0 Å². The van der Waals surface area contributed by atoms with Gasteiger partial charge in [-0.3, -0.25) is 4.79 Å². The molecule has 0 spiro atoms. The van der Waals surface area contributed by atoms with Crippen LogP contribution in [-0.2, 0) is 10.7 Å². The lowest BCUT2D eigenvalue weighted by molar-refractivity contribution is -0.111. The molecule has 1 fully saturated rings. The van der Waals surface area contributed by atoms with E-state index >= 15 is 0 Å². The van der Waals surface area contributed by atoms with Crippen LogP contribution in [0.15, 0.2) is 59.5 Å². The number of hydrogen-bond acceptors (Lipinski definition) is 2. The second kappa shape index (κ2) is 6.41. The maximum Gasteiger partial charge on any atom is 0.270 e. The fraction of sp³-hybridized carbons (Fsp3) is 0.273. The average molecular weight is 367 g/mol. The zero-order valence-corrected chi connectivity index (χ0v) is 14.9. The normalized spacial score (nSPS) is 15.7. The average Bonchev–Trinajstić information content (AvgIpc) is 3.49. The SMILES string of the molecule is CC(F)(F)c1ccc2c(=O)n(C(C=O)C3CC3)cc(-c3ccccc3)c2c1. The Labute approximate surface area is 155 Å². The molecular weight excluding hydrogens is 348 g/mol. The summed E-state index contributed by atoms with van der Waals surface area (Å²) in [7, 11) is 0. The highest BCUT2D eigenvalue weighted by atomic mass is 19.3. The molecule has 1 saturated carbocycles. The number of alkyl halides is 2. The number of aldehydes is 1. The molecular formula is C22H19F2NO2. The minimum absolute atomic E-state index is 0.140. The summed E-state index contributed by atoms with van der Waals surface area (Å²) >= 11 is 0. The van der Waals surface area contributed by atoms with Crippen molar-refractivity contribution < 1.29 is 13.6 Å². The number of carbonyl (C=O) groups excluding carboxylic acids is 1. The van der Waals surface area contributed by atoms with E-state index in [2.05, 4.69) is 0 Å². The highest BCUT2D eigenvalue weighted by Crippen LogP contribution is 2.39. The number of aromatic nitrogens is 1. The Morgan fingerprint density at radius 3 is 2.41 bits per heavy atom. The third-order valence-electron chi connectivity index (χ3n) is 5.20. The van der Waals surface area contributed by atoms with Gasteiger partial charge in [-0.15, -0.1) is 0 Å². The molecule has 1 aliphatic rings. The van der Waals surface area contributed by atoms with Gasteiger partial charge >= 0.3 is 0 Å². The van der Waals surface area contributed by atoms with Crippen LogP contribution in [0.25, 0.3) is 21.9 Å². The number of carbonyl (C=O) groups is 1. The van der Waals surface area contributed by atoms with Crippen molar-refractivity contribution in [3.8, 4) is 11.1 Å². The van der Waals surface area contributed by atoms with Crippen LogP contribution in [0.2, 0.25) is 0 Å². The van der Waals surface area contributed by atoms with Gasteiger partial charge < -0.3 is 9.36 Å². The van der Waals surface area contributed by atoms with Crippen LogP contribution in [0.3, 0.4) is 0 Å². The molecule has 0 bridgehead atoms. The topological polar surface area (TPSA) is 39.1 Å². The maximum absolute atomic E-state index is 13.9. The lowest BCUT2D eigenvalue weighted by Gasteiger charge is -2.19. The zero-order valence-electron chi connectivity index (χ0n) is 14.9. The molecule has 2 aromatic carbocycles. The van der Waals surface area contributed by atoms with Crippen LogP contribution in [0.4, 0.5) is 8.78 Å². The summed E-state index contributed by atoms with van der Waals surface area (Å²) in [5, 5.41) is 0.818. The van der Waals surface area contributed by atoms with Crippen LogP contribution < -0.4 is 5.56 Å². The van der Waals surface area contributed by atoms with Crippen LogP contribution in [0.1, 0.15) is 31.4 Å². The number of rotatable bonds is 5. The predicted octanol–water partition coefficient (Wildman–Crippen LogP) is 4.93. The van der Waals surface area contributed by atoms with Crippen molar-refractivity contribution in [2.24, 2.45) is 5.92 Å². The molecule has 1 atom stereocenters. The van der Waals surface area contributed by atoms with Crippen molar-refractivity contribution in [2.75, 3.05) is 0 Å². The summed E-state index contributed by atoms with van der Waals surface area (Å²) in [6.45, 7) is 0.840. The molecule has 1 heterocycles. The highest BCUT2D eigenvalue weighted by molar-refractivity contribution is 5.96. The molecule has 0 aliphatic heterocycles. The summed E-state index contributed by atoms with van der Waals surface area (Å²) in [6.07, 6.45) is 4.29. The van der Waals surface area contributed by atoms with Crippen molar-refractivity contribution in [1.82, 2.24) is 4.57 Å². The van der Waals surface area contributed by atoms with Crippen LogP contribution in [-0.4, -0.2) is 10.9 Å². The number of hydrogen-bond donors (Lipinski definition) is 0. The van der Waals surface area contributed by atoms with E-state index in [0.29, 0.717) is 16.3 Å². The summed E-state index contributed by atoms with van der Waals surface area (Å²) in [6, 6.07) is 12.9. The van der Waals surface area contributed by atoms with Gasteiger partial charge in [0.2, 0.25) is 0 Å². The summed E-state index contributed by atoms with van der Waals surface area (Å²) in [5.41, 5.74) is 1.02. The Kier molecular flexibility index (Phi) is 4.17. The van der Waals surface area contributed by atoms with E-state index in [1.807, 2.05) is 30.3 Å². The first-order valence-corrected chi connectivity index (χ1v) is 8.98. The van der Waals surface area contributed by atoms with Crippen molar-refractivity contribution in [2.45, 2.75) is 31.7 Å². The fourth-order valence-electron chi connectivity index (χ4n) is 3.54. The van der Waals surface area contributed by atoms with Crippen molar-refractivity contribution in [3.05, 3.63) is 70.6 Å². The van der Waals surface area contributed by atoms with Gasteiger partial charge in [0.15, 0.2) is 0 Å². The van der Waals surface area contributed by atoms with Gasteiger partial charge in [0, 0.05) is 29.6 Å². The predicted molar refractivity (Wildman–Crippen MR) is 101 cm³/mol. The fourth-order valence-corrected chi connectivity index (χ4v) is 3.54. The van der Waals surface area contributed by atoms with Gasteiger partial charge in [-0.2, -0.15) is 0 Å². The van der Waals surface area contributed by atoms with Gasteiger partial charge in [0.1, 0.15) is 6.29 Å². The van der Waals surface area contributed by atoms with E-state index in [0.717, 1.165) is 31.6 Å². The van der Waals surface area contributed by atoms with E-state index in [1.54, 1.807) is 6.20 Å². The standard InChI is InChI=1S/C22H19F2NO2/c1-22(23,24)16-9-10-17-18(11-16)19(14-5-3-2-4-6-14)12-25(21(17)27)20(13-26)15-7-8-15/h2-6,9-13,15,20H,7-8H2,1H3. The Morgan fingerprint density at radius 1 is 1.11 bits per heavy atom. The molecule has 27 heavy (non-hydrogen) atoms. The second-order valence-corrected chi connectivity index (χ2v) is 7.23. The Morgan fingerprint density at radius 2 is 1.81 bits per heavy atom. The number of nitrogens with zero attached hydrogens (tertiary/aromatic N) is 1. The first-order chi connectivity index (χ1) is 12.9. The van der Waals surface area contributed by atoms with Crippen LogP contribution in [0, 0.1) is 5.92 Å². The van der Waals surface area contributed by atoms with E-state index in [-0.39, 0.29) is 17.0 Å². The zero-order chi connectivity index (χ0) is 19.2. The summed E-state index contributed by atoms with van der Waals surface area (Å²) in [4.78, 5) is 24.7. The Bertz CT molecular complexity index is 1060. The molecule has 5 heteroatoms. The summed E-state index contributed by atoms with van der Waals surface area (Å²) in [5.74, 6) is -2.84. The lowest BCUT2D eigenvalue weighted by atomic mass is 9.97. The molecule has 1 aromatic heterocycles. The van der Waals surface area contributed by atoms with Gasteiger partial charge in [0.05, 0.1) is 6.04 Å². The number of halogens is 2. The van der Waals surface area contributed by atoms with Crippen molar-refractivity contribution in [1.29, 1.82) is 0 Å². The van der Waals surface area contributed by atoms with Gasteiger partial charge in [0.25, 0.3) is 11.5 Å². The van der Waals surface area contributed by atoms with Gasteiger partial charge in [-0.1, -0.05) is 36.4 Å². The Balaban J connectivity index is 2.04. The van der Waals surface area contributed by atoms with Crippen molar-refractivity contribution >= 4 is 17.1 Å². The highest BCUT2D eigenvalue weighted by Gasteiger charge is 2.33. The van der Waals surface area contributed by atoms with Crippen molar-refractivity contribution in [3.63, 3.8) is 0 Å². The first-order valence-electron chi connectivity index (χ1n) is 8.98. The largest absolute Gasteiger partial charge is 0.304 e.